The molecule has 88 valence electrons. The van der Waals surface area contributed by atoms with E-state index in [1.807, 2.05) is 12.1 Å². The molecule has 1 aliphatic rings. The fourth-order valence-electron chi connectivity index (χ4n) is 2.14. The van der Waals surface area contributed by atoms with Gasteiger partial charge in [-0.2, -0.15) is 0 Å². The Morgan fingerprint density at radius 2 is 1.94 bits per heavy atom. The second-order valence-corrected chi connectivity index (χ2v) is 4.95. The molecular weight excluding hydrogens is 247 g/mol. The number of hydrogen-bond acceptors (Lipinski definition) is 2. The third kappa shape index (κ3) is 2.69. The lowest BCUT2D eigenvalue weighted by atomic mass is 9.90. The molecule has 2 rings (SSSR count). The van der Waals surface area contributed by atoms with E-state index >= 15 is 0 Å². The summed E-state index contributed by atoms with van der Waals surface area (Å²) < 4.78 is 5.70. The highest BCUT2D eigenvalue weighted by molar-refractivity contribution is 6.34. The van der Waals surface area contributed by atoms with E-state index in [1.54, 1.807) is 6.07 Å². The molecule has 2 atom stereocenters. The maximum Gasteiger partial charge on any atom is 0.0875 e. The molecule has 1 fully saturated rings. The van der Waals surface area contributed by atoms with E-state index in [0.29, 0.717) is 10.0 Å². The summed E-state index contributed by atoms with van der Waals surface area (Å²) in [6.07, 6.45) is 1.89. The van der Waals surface area contributed by atoms with Gasteiger partial charge in [0.1, 0.15) is 0 Å². The minimum absolute atomic E-state index is 0.0880. The van der Waals surface area contributed by atoms with E-state index in [-0.39, 0.29) is 18.6 Å². The third-order valence-electron chi connectivity index (χ3n) is 2.89. The Bertz CT molecular complexity index is 348. The van der Waals surface area contributed by atoms with Crippen molar-refractivity contribution in [1.82, 2.24) is 0 Å². The van der Waals surface area contributed by atoms with Gasteiger partial charge < -0.3 is 9.84 Å². The van der Waals surface area contributed by atoms with Crippen LogP contribution in [-0.4, -0.2) is 18.3 Å². The van der Waals surface area contributed by atoms with Crippen LogP contribution in [0.2, 0.25) is 10.0 Å². The molecule has 0 aromatic heterocycles. The Hall–Kier alpha value is -0.280. The molecule has 1 saturated heterocycles. The first-order valence-electron chi connectivity index (χ1n) is 5.39. The third-order valence-corrected chi connectivity index (χ3v) is 3.33. The van der Waals surface area contributed by atoms with E-state index in [0.717, 1.165) is 25.0 Å². The van der Waals surface area contributed by atoms with Gasteiger partial charge in [-0.3, -0.25) is 0 Å². The normalized spacial score (nSPS) is 25.7. The van der Waals surface area contributed by atoms with Crippen LogP contribution in [0.3, 0.4) is 0 Å². The molecule has 2 nitrogen and oxygen atoms in total. The van der Waals surface area contributed by atoms with Crippen LogP contribution in [0.5, 0.6) is 0 Å². The first-order valence-corrected chi connectivity index (χ1v) is 6.15. The molecule has 1 aliphatic heterocycles. The topological polar surface area (TPSA) is 29.5 Å². The number of ether oxygens (including phenoxy) is 1. The van der Waals surface area contributed by atoms with Crippen LogP contribution < -0.4 is 0 Å². The van der Waals surface area contributed by atoms with Crippen LogP contribution in [0.25, 0.3) is 0 Å². The van der Waals surface area contributed by atoms with E-state index in [9.17, 15) is 5.11 Å². The SMILES string of the molecule is OCC1CCCOC1c1cc(Cl)cc(Cl)c1. The minimum Gasteiger partial charge on any atom is -0.396 e. The van der Waals surface area contributed by atoms with Crippen LogP contribution >= 0.6 is 23.2 Å². The van der Waals surface area contributed by atoms with E-state index < -0.39 is 0 Å². The second kappa shape index (κ2) is 5.37. The van der Waals surface area contributed by atoms with Crippen molar-refractivity contribution in [2.45, 2.75) is 18.9 Å². The molecule has 0 bridgehead atoms. The fraction of sp³-hybridized carbons (Fsp3) is 0.500. The van der Waals surface area contributed by atoms with Crippen molar-refractivity contribution >= 4 is 23.2 Å². The average molecular weight is 261 g/mol. The minimum atomic E-state index is -0.0880. The molecule has 4 heteroatoms. The largest absolute Gasteiger partial charge is 0.396 e. The lowest BCUT2D eigenvalue weighted by Crippen LogP contribution is -2.25. The second-order valence-electron chi connectivity index (χ2n) is 4.08. The summed E-state index contributed by atoms with van der Waals surface area (Å²) in [6, 6.07) is 5.40. The molecule has 0 radical (unpaired) electrons. The molecular formula is C12H14Cl2O2. The number of aliphatic hydroxyl groups excluding tert-OH is 1. The van der Waals surface area contributed by atoms with Gasteiger partial charge in [0.25, 0.3) is 0 Å². The van der Waals surface area contributed by atoms with Gasteiger partial charge in [-0.25, -0.2) is 0 Å². The summed E-state index contributed by atoms with van der Waals surface area (Å²) in [7, 11) is 0. The quantitative estimate of drug-likeness (QED) is 0.883. The van der Waals surface area contributed by atoms with Crippen LogP contribution in [0, 0.1) is 5.92 Å². The zero-order chi connectivity index (χ0) is 11.5. The molecule has 2 unspecified atom stereocenters. The van der Waals surface area contributed by atoms with Gasteiger partial charge >= 0.3 is 0 Å². The zero-order valence-corrected chi connectivity index (χ0v) is 10.3. The Morgan fingerprint density at radius 1 is 1.25 bits per heavy atom. The van der Waals surface area contributed by atoms with Crippen molar-refractivity contribution in [3.05, 3.63) is 33.8 Å². The van der Waals surface area contributed by atoms with Crippen LogP contribution in [0.4, 0.5) is 0 Å². The van der Waals surface area contributed by atoms with Gasteiger partial charge in [0.15, 0.2) is 0 Å². The Kier molecular flexibility index (Phi) is 4.09. The molecule has 0 aliphatic carbocycles. The van der Waals surface area contributed by atoms with Gasteiger partial charge in [-0.05, 0) is 36.6 Å². The van der Waals surface area contributed by atoms with Crippen LogP contribution in [0.15, 0.2) is 18.2 Å². The Labute approximate surface area is 105 Å². The highest BCUT2D eigenvalue weighted by atomic mass is 35.5. The van der Waals surface area contributed by atoms with E-state index in [1.165, 1.54) is 0 Å². The fourth-order valence-corrected chi connectivity index (χ4v) is 2.68. The van der Waals surface area contributed by atoms with Gasteiger partial charge in [-0.1, -0.05) is 23.2 Å². The van der Waals surface area contributed by atoms with Crippen molar-refractivity contribution in [1.29, 1.82) is 0 Å². The summed E-state index contributed by atoms with van der Waals surface area (Å²) in [5.74, 6) is 0.142. The molecule has 1 N–H and O–H groups in total. The molecule has 1 heterocycles. The van der Waals surface area contributed by atoms with E-state index in [4.69, 9.17) is 27.9 Å². The molecule has 0 spiro atoms. The first-order chi connectivity index (χ1) is 7.70. The molecule has 1 aromatic carbocycles. The van der Waals surface area contributed by atoms with Crippen molar-refractivity contribution in [3.8, 4) is 0 Å². The average Bonchev–Trinajstić information content (AvgIpc) is 2.27. The predicted molar refractivity (Wildman–Crippen MR) is 65.0 cm³/mol. The van der Waals surface area contributed by atoms with Crippen molar-refractivity contribution in [2.24, 2.45) is 5.92 Å². The maximum atomic E-state index is 9.32. The van der Waals surface area contributed by atoms with Crippen molar-refractivity contribution < 1.29 is 9.84 Å². The summed E-state index contributed by atoms with van der Waals surface area (Å²) in [4.78, 5) is 0. The number of aliphatic hydroxyl groups is 1. The van der Waals surface area contributed by atoms with Gasteiger partial charge in [-0.15, -0.1) is 0 Å². The van der Waals surface area contributed by atoms with E-state index in [2.05, 4.69) is 0 Å². The number of halogens is 2. The lowest BCUT2D eigenvalue weighted by Gasteiger charge is -2.31. The van der Waals surface area contributed by atoms with Gasteiger partial charge in [0.2, 0.25) is 0 Å². The van der Waals surface area contributed by atoms with Crippen LogP contribution in [-0.2, 0) is 4.74 Å². The molecule has 0 saturated carbocycles. The smallest absolute Gasteiger partial charge is 0.0875 e. The first kappa shape index (κ1) is 12.2. The highest BCUT2D eigenvalue weighted by Gasteiger charge is 2.27. The monoisotopic (exact) mass is 260 g/mol. The Morgan fingerprint density at radius 3 is 2.56 bits per heavy atom. The standard InChI is InChI=1S/C12H14Cl2O2/c13-10-4-9(5-11(14)6-10)12-8(7-15)2-1-3-16-12/h4-6,8,12,15H,1-3,7H2. The molecule has 16 heavy (non-hydrogen) atoms. The summed E-state index contributed by atoms with van der Waals surface area (Å²) in [5.41, 5.74) is 0.955. The Balaban J connectivity index is 2.26. The van der Waals surface area contributed by atoms with Crippen molar-refractivity contribution in [3.63, 3.8) is 0 Å². The van der Waals surface area contributed by atoms with Gasteiger partial charge in [0.05, 0.1) is 6.10 Å². The zero-order valence-electron chi connectivity index (χ0n) is 8.83. The number of hydrogen-bond donors (Lipinski definition) is 1. The number of rotatable bonds is 2. The maximum absolute atomic E-state index is 9.32. The number of benzene rings is 1. The summed E-state index contributed by atoms with van der Waals surface area (Å²) in [6.45, 7) is 0.861. The lowest BCUT2D eigenvalue weighted by molar-refractivity contribution is -0.0457. The molecule has 0 amide bonds. The van der Waals surface area contributed by atoms with Gasteiger partial charge in [0, 0.05) is 29.2 Å². The summed E-state index contributed by atoms with van der Waals surface area (Å²) >= 11 is 11.9. The van der Waals surface area contributed by atoms with Crippen molar-refractivity contribution in [2.75, 3.05) is 13.2 Å². The highest BCUT2D eigenvalue weighted by Crippen LogP contribution is 2.35. The predicted octanol–water partition coefficient (Wildman–Crippen LogP) is 3.45. The summed E-state index contributed by atoms with van der Waals surface area (Å²) in [5, 5.41) is 10.5. The van der Waals surface area contributed by atoms with Crippen LogP contribution in [0.1, 0.15) is 24.5 Å². The molecule has 1 aromatic rings.